The topological polar surface area (TPSA) is 71.7 Å². The van der Waals surface area contributed by atoms with Gasteiger partial charge in [0.1, 0.15) is 0 Å². The van der Waals surface area contributed by atoms with Crippen molar-refractivity contribution in [1.82, 2.24) is 19.9 Å². The maximum Gasteiger partial charge on any atom is 0.416 e. The first kappa shape index (κ1) is 26.8. The fourth-order valence-corrected chi connectivity index (χ4v) is 4.26. The van der Waals surface area contributed by atoms with Crippen LogP contribution >= 0.6 is 0 Å². The Labute approximate surface area is 214 Å². The van der Waals surface area contributed by atoms with E-state index in [1.807, 2.05) is 35.2 Å². The number of ether oxygens (including phenoxy) is 1. The van der Waals surface area contributed by atoms with Crippen LogP contribution in [0, 0.1) is 0 Å². The molecule has 0 bridgehead atoms. The monoisotopic (exact) mass is 516 g/mol. The molecule has 0 unspecified atom stereocenters. The van der Waals surface area contributed by atoms with E-state index in [0.29, 0.717) is 32.4 Å². The molecule has 0 spiro atoms. The number of carbonyl (C=O) groups is 1. The summed E-state index contributed by atoms with van der Waals surface area (Å²) in [5.74, 6) is 0.417. The van der Waals surface area contributed by atoms with Gasteiger partial charge in [-0.2, -0.15) is 18.2 Å². The van der Waals surface area contributed by atoms with Crippen LogP contribution in [0.5, 0.6) is 0 Å². The lowest BCUT2D eigenvalue weighted by Gasteiger charge is -2.28. The van der Waals surface area contributed by atoms with Crippen LogP contribution in [0.3, 0.4) is 0 Å². The summed E-state index contributed by atoms with van der Waals surface area (Å²) in [4.78, 5) is 21.5. The summed E-state index contributed by atoms with van der Waals surface area (Å²) in [6.07, 6.45) is -2.26. The van der Waals surface area contributed by atoms with Gasteiger partial charge in [-0.15, -0.1) is 0 Å². The number of amides is 1. The van der Waals surface area contributed by atoms with Crippen molar-refractivity contribution in [2.24, 2.45) is 0 Å². The molecule has 37 heavy (non-hydrogen) atoms. The van der Waals surface area contributed by atoms with E-state index in [0.717, 1.165) is 57.0 Å². The van der Waals surface area contributed by atoms with Crippen molar-refractivity contribution in [2.45, 2.75) is 31.9 Å². The maximum absolute atomic E-state index is 13.1. The Kier molecular flexibility index (Phi) is 9.29. The molecule has 10 heteroatoms. The average molecular weight is 517 g/mol. The number of hydrogen-bond acceptors (Lipinski definition) is 6. The van der Waals surface area contributed by atoms with Gasteiger partial charge in [0, 0.05) is 51.1 Å². The van der Waals surface area contributed by atoms with Gasteiger partial charge >= 0.3 is 6.18 Å². The summed E-state index contributed by atoms with van der Waals surface area (Å²) in [6, 6.07) is 14.7. The lowest BCUT2D eigenvalue weighted by molar-refractivity contribution is -0.137. The Hall–Kier alpha value is -3.24. The number of hydrogen-bond donors (Lipinski definition) is 0. The van der Waals surface area contributed by atoms with Crippen LogP contribution in [0.25, 0.3) is 11.4 Å². The minimum Gasteiger partial charge on any atom is -0.379 e. The smallest absolute Gasteiger partial charge is 0.379 e. The first-order valence-electron chi connectivity index (χ1n) is 12.5. The summed E-state index contributed by atoms with van der Waals surface area (Å²) in [5.41, 5.74) is 0.560. The number of rotatable bonds is 11. The number of alkyl halides is 3. The third-order valence-corrected chi connectivity index (χ3v) is 6.34. The van der Waals surface area contributed by atoms with Crippen LogP contribution in [-0.2, 0) is 28.5 Å². The third kappa shape index (κ3) is 8.13. The van der Waals surface area contributed by atoms with Gasteiger partial charge in [0.05, 0.1) is 18.8 Å². The molecule has 2 aromatic carbocycles. The van der Waals surface area contributed by atoms with Crippen molar-refractivity contribution in [2.75, 3.05) is 45.9 Å². The number of carbonyl (C=O) groups excluding carboxylic acids is 1. The van der Waals surface area contributed by atoms with E-state index in [-0.39, 0.29) is 23.2 Å². The van der Waals surface area contributed by atoms with Gasteiger partial charge in [-0.3, -0.25) is 9.69 Å². The highest BCUT2D eigenvalue weighted by atomic mass is 19.4. The standard InChI is InChI=1S/C27H31F3N4O3/c28-27(29,30)23-9-4-8-22(20-23)26-31-24(37-32-26)12-15-34(14-5-13-33-16-18-36-19-17-33)25(35)11-10-21-6-2-1-3-7-21/h1-4,6-9,20H,5,10-19H2. The lowest BCUT2D eigenvalue weighted by Crippen LogP contribution is -2.39. The Morgan fingerprint density at radius 1 is 1.00 bits per heavy atom. The Balaban J connectivity index is 1.36. The second kappa shape index (κ2) is 12.8. The molecular weight excluding hydrogens is 485 g/mol. The van der Waals surface area contributed by atoms with E-state index < -0.39 is 11.7 Å². The zero-order valence-electron chi connectivity index (χ0n) is 20.6. The summed E-state index contributed by atoms with van der Waals surface area (Å²) in [7, 11) is 0. The van der Waals surface area contributed by atoms with Gasteiger partial charge in [-0.1, -0.05) is 47.6 Å². The van der Waals surface area contributed by atoms with Crippen LogP contribution in [0.4, 0.5) is 13.2 Å². The van der Waals surface area contributed by atoms with Crippen molar-refractivity contribution in [3.8, 4) is 11.4 Å². The second-order valence-corrected chi connectivity index (χ2v) is 9.01. The molecule has 198 valence electrons. The van der Waals surface area contributed by atoms with Gasteiger partial charge in [0.25, 0.3) is 0 Å². The van der Waals surface area contributed by atoms with Crippen LogP contribution in [-0.4, -0.2) is 71.8 Å². The number of halogens is 3. The van der Waals surface area contributed by atoms with Crippen LogP contribution in [0.1, 0.15) is 29.9 Å². The Morgan fingerprint density at radius 3 is 2.54 bits per heavy atom. The van der Waals surface area contributed by atoms with Crippen LogP contribution in [0.15, 0.2) is 59.1 Å². The largest absolute Gasteiger partial charge is 0.416 e. The first-order valence-corrected chi connectivity index (χ1v) is 12.5. The average Bonchev–Trinajstić information content (AvgIpc) is 3.39. The molecule has 1 amide bonds. The molecule has 0 atom stereocenters. The van der Waals surface area contributed by atoms with E-state index in [1.54, 1.807) is 0 Å². The summed E-state index contributed by atoms with van der Waals surface area (Å²) in [5, 5.41) is 3.86. The molecule has 1 aliphatic rings. The molecule has 0 saturated carbocycles. The quantitative estimate of drug-likeness (QED) is 0.374. The second-order valence-electron chi connectivity index (χ2n) is 9.01. The van der Waals surface area contributed by atoms with Gasteiger partial charge in [-0.25, -0.2) is 0 Å². The van der Waals surface area contributed by atoms with Crippen LogP contribution < -0.4 is 0 Å². The Bertz CT molecular complexity index is 1130. The summed E-state index contributed by atoms with van der Waals surface area (Å²) in [6.45, 7) is 5.10. The highest BCUT2D eigenvalue weighted by Gasteiger charge is 2.30. The Morgan fingerprint density at radius 2 is 1.78 bits per heavy atom. The SMILES string of the molecule is O=C(CCc1ccccc1)N(CCCN1CCOCC1)CCc1nc(-c2cccc(C(F)(F)F)c2)no1. The minimum atomic E-state index is -4.45. The highest BCUT2D eigenvalue weighted by Crippen LogP contribution is 2.31. The predicted octanol–water partition coefficient (Wildman–Crippen LogP) is 4.48. The van der Waals surface area contributed by atoms with Crippen molar-refractivity contribution >= 4 is 5.91 Å². The molecule has 3 aromatic rings. The van der Waals surface area contributed by atoms with E-state index in [4.69, 9.17) is 9.26 Å². The lowest BCUT2D eigenvalue weighted by atomic mass is 10.1. The molecule has 2 heterocycles. The summed E-state index contributed by atoms with van der Waals surface area (Å²) < 4.78 is 49.9. The zero-order chi connectivity index (χ0) is 26.1. The first-order chi connectivity index (χ1) is 17.9. The van der Waals surface area contributed by atoms with Gasteiger partial charge in [0.2, 0.25) is 17.6 Å². The maximum atomic E-state index is 13.1. The van der Waals surface area contributed by atoms with E-state index >= 15 is 0 Å². The molecule has 4 rings (SSSR count). The number of nitrogens with zero attached hydrogens (tertiary/aromatic N) is 4. The van der Waals surface area contributed by atoms with E-state index in [2.05, 4.69) is 15.0 Å². The highest BCUT2D eigenvalue weighted by molar-refractivity contribution is 5.76. The predicted molar refractivity (Wildman–Crippen MR) is 132 cm³/mol. The molecule has 1 fully saturated rings. The van der Waals surface area contributed by atoms with Gasteiger partial charge < -0.3 is 14.2 Å². The number of aryl methyl sites for hydroxylation is 1. The van der Waals surface area contributed by atoms with Crippen LogP contribution in [0.2, 0.25) is 0 Å². The number of benzene rings is 2. The van der Waals surface area contributed by atoms with Crippen molar-refractivity contribution in [1.29, 1.82) is 0 Å². The molecule has 0 aliphatic carbocycles. The van der Waals surface area contributed by atoms with Gasteiger partial charge in [-0.05, 0) is 30.5 Å². The fourth-order valence-electron chi connectivity index (χ4n) is 4.26. The normalized spacial score (nSPS) is 14.6. The summed E-state index contributed by atoms with van der Waals surface area (Å²) >= 11 is 0. The number of aromatic nitrogens is 2. The molecule has 0 N–H and O–H groups in total. The van der Waals surface area contributed by atoms with Crippen molar-refractivity contribution in [3.63, 3.8) is 0 Å². The molecule has 7 nitrogen and oxygen atoms in total. The minimum absolute atomic E-state index is 0.0449. The molecule has 1 aliphatic heterocycles. The van der Waals surface area contributed by atoms with E-state index in [9.17, 15) is 18.0 Å². The van der Waals surface area contributed by atoms with E-state index in [1.165, 1.54) is 12.1 Å². The fraction of sp³-hybridized carbons (Fsp3) is 0.444. The van der Waals surface area contributed by atoms with Crippen molar-refractivity contribution < 1.29 is 27.2 Å². The molecule has 0 radical (unpaired) electrons. The van der Waals surface area contributed by atoms with Gasteiger partial charge in [0.15, 0.2) is 0 Å². The van der Waals surface area contributed by atoms with Crippen molar-refractivity contribution in [3.05, 3.63) is 71.6 Å². The third-order valence-electron chi connectivity index (χ3n) is 6.34. The number of morpholine rings is 1. The zero-order valence-corrected chi connectivity index (χ0v) is 20.6. The molecule has 1 saturated heterocycles. The molecular formula is C27H31F3N4O3. The molecule has 1 aromatic heterocycles.